The molecule has 1 aromatic carbocycles. The third kappa shape index (κ3) is 2.71. The molecular formula is C18H25NO2. The van der Waals surface area contributed by atoms with E-state index in [2.05, 4.69) is 12.1 Å². The zero-order chi connectivity index (χ0) is 14.7. The summed E-state index contributed by atoms with van der Waals surface area (Å²) in [6.07, 6.45) is 6.13. The van der Waals surface area contributed by atoms with Gasteiger partial charge in [0.15, 0.2) is 0 Å². The van der Waals surface area contributed by atoms with E-state index in [1.807, 2.05) is 23.1 Å². The van der Waals surface area contributed by atoms with E-state index in [9.17, 15) is 9.90 Å². The first-order valence-corrected chi connectivity index (χ1v) is 8.22. The molecule has 3 rings (SSSR count). The fraction of sp³-hybridized carbons (Fsp3) is 0.611. The van der Waals surface area contributed by atoms with Gasteiger partial charge in [0.1, 0.15) is 0 Å². The topological polar surface area (TPSA) is 40.5 Å². The van der Waals surface area contributed by atoms with Gasteiger partial charge in [0.2, 0.25) is 5.91 Å². The lowest BCUT2D eigenvalue weighted by atomic mass is 9.77. The van der Waals surface area contributed by atoms with Gasteiger partial charge in [-0.2, -0.15) is 0 Å². The molecule has 114 valence electrons. The highest BCUT2D eigenvalue weighted by atomic mass is 16.3. The first kappa shape index (κ1) is 14.6. The van der Waals surface area contributed by atoms with Crippen LogP contribution < -0.4 is 0 Å². The van der Waals surface area contributed by atoms with Crippen molar-refractivity contribution < 1.29 is 9.90 Å². The number of carbonyl (C=O) groups is 1. The molecular weight excluding hydrogens is 262 g/mol. The molecule has 2 fully saturated rings. The number of hydrogen-bond acceptors (Lipinski definition) is 2. The Morgan fingerprint density at radius 3 is 2.33 bits per heavy atom. The second-order valence-electron chi connectivity index (χ2n) is 6.57. The summed E-state index contributed by atoms with van der Waals surface area (Å²) in [7, 11) is 0. The van der Waals surface area contributed by atoms with Crippen molar-refractivity contribution in [2.75, 3.05) is 19.7 Å². The van der Waals surface area contributed by atoms with Crippen LogP contribution in [-0.4, -0.2) is 35.6 Å². The number of amides is 1. The fourth-order valence-electron chi connectivity index (χ4n) is 3.98. The summed E-state index contributed by atoms with van der Waals surface area (Å²) in [6, 6.07) is 10.3. The molecule has 1 amide bonds. The van der Waals surface area contributed by atoms with Crippen molar-refractivity contribution in [2.45, 2.75) is 43.9 Å². The highest BCUT2D eigenvalue weighted by Crippen LogP contribution is 2.43. The molecule has 2 aliphatic rings. The summed E-state index contributed by atoms with van der Waals surface area (Å²) in [6.45, 7) is 1.86. The minimum atomic E-state index is -0.284. The number of piperidine rings is 1. The van der Waals surface area contributed by atoms with E-state index in [4.69, 9.17) is 0 Å². The lowest BCUT2D eigenvalue weighted by Gasteiger charge is -2.38. The molecule has 0 spiro atoms. The minimum Gasteiger partial charge on any atom is -0.396 e. The first-order valence-electron chi connectivity index (χ1n) is 8.22. The Hall–Kier alpha value is -1.35. The number of hydrogen-bond donors (Lipinski definition) is 1. The van der Waals surface area contributed by atoms with Crippen LogP contribution in [0.4, 0.5) is 0 Å². The molecule has 0 bridgehead atoms. The maximum absolute atomic E-state index is 13.2. The predicted octanol–water partition coefficient (Wildman–Crippen LogP) is 2.73. The van der Waals surface area contributed by atoms with E-state index >= 15 is 0 Å². The van der Waals surface area contributed by atoms with E-state index in [-0.39, 0.29) is 12.0 Å². The molecule has 0 radical (unpaired) electrons. The van der Waals surface area contributed by atoms with E-state index in [1.165, 1.54) is 5.56 Å². The molecule has 0 unspecified atom stereocenters. The van der Waals surface area contributed by atoms with Gasteiger partial charge in [-0.3, -0.25) is 4.79 Å². The van der Waals surface area contributed by atoms with Crippen LogP contribution in [-0.2, 0) is 10.2 Å². The van der Waals surface area contributed by atoms with Crippen molar-refractivity contribution in [1.29, 1.82) is 0 Å². The summed E-state index contributed by atoms with van der Waals surface area (Å²) >= 11 is 0. The molecule has 1 heterocycles. The molecule has 21 heavy (non-hydrogen) atoms. The minimum absolute atomic E-state index is 0.256. The van der Waals surface area contributed by atoms with Gasteiger partial charge in [0.05, 0.1) is 5.41 Å². The number of likely N-dealkylation sites (tertiary alicyclic amines) is 1. The summed E-state index contributed by atoms with van der Waals surface area (Å²) in [5, 5.41) is 9.25. The Bertz CT molecular complexity index is 471. The molecule has 1 aliphatic heterocycles. The van der Waals surface area contributed by atoms with Gasteiger partial charge in [-0.05, 0) is 37.2 Å². The molecule has 1 aromatic rings. The Kier molecular flexibility index (Phi) is 4.29. The lowest BCUT2D eigenvalue weighted by Crippen LogP contribution is -2.48. The third-order valence-corrected chi connectivity index (χ3v) is 5.35. The highest BCUT2D eigenvalue weighted by molar-refractivity contribution is 5.88. The monoisotopic (exact) mass is 287 g/mol. The van der Waals surface area contributed by atoms with E-state index in [1.54, 1.807) is 0 Å². The van der Waals surface area contributed by atoms with Crippen molar-refractivity contribution in [2.24, 2.45) is 5.92 Å². The Labute approximate surface area is 127 Å². The molecule has 0 aromatic heterocycles. The van der Waals surface area contributed by atoms with Crippen LogP contribution in [0.5, 0.6) is 0 Å². The second-order valence-corrected chi connectivity index (χ2v) is 6.57. The predicted molar refractivity (Wildman–Crippen MR) is 83.0 cm³/mol. The van der Waals surface area contributed by atoms with E-state index < -0.39 is 0 Å². The number of aliphatic hydroxyl groups is 1. The van der Waals surface area contributed by atoms with Crippen LogP contribution in [0.25, 0.3) is 0 Å². The van der Waals surface area contributed by atoms with Crippen molar-refractivity contribution in [1.82, 2.24) is 4.90 Å². The molecule has 1 saturated heterocycles. The molecule has 1 saturated carbocycles. The number of carbonyl (C=O) groups excluding carboxylic acids is 1. The van der Waals surface area contributed by atoms with Gasteiger partial charge in [-0.15, -0.1) is 0 Å². The van der Waals surface area contributed by atoms with Crippen LogP contribution in [0.15, 0.2) is 30.3 Å². The number of aliphatic hydroxyl groups excluding tert-OH is 1. The van der Waals surface area contributed by atoms with Gasteiger partial charge in [-0.25, -0.2) is 0 Å². The van der Waals surface area contributed by atoms with Crippen molar-refractivity contribution in [3.05, 3.63) is 35.9 Å². The lowest BCUT2D eigenvalue weighted by molar-refractivity contribution is -0.139. The van der Waals surface area contributed by atoms with Gasteiger partial charge < -0.3 is 10.0 Å². The van der Waals surface area contributed by atoms with Crippen LogP contribution in [0.3, 0.4) is 0 Å². The third-order valence-electron chi connectivity index (χ3n) is 5.35. The fourth-order valence-corrected chi connectivity index (χ4v) is 3.98. The number of nitrogens with zero attached hydrogens (tertiary/aromatic N) is 1. The first-order chi connectivity index (χ1) is 10.3. The van der Waals surface area contributed by atoms with Crippen LogP contribution in [0, 0.1) is 5.92 Å². The van der Waals surface area contributed by atoms with Crippen LogP contribution in [0.1, 0.15) is 44.1 Å². The summed E-state index contributed by atoms with van der Waals surface area (Å²) in [5.74, 6) is 0.702. The average Bonchev–Trinajstić information content (AvgIpc) is 3.06. The molecule has 3 heteroatoms. The molecule has 3 nitrogen and oxygen atoms in total. The summed E-state index contributed by atoms with van der Waals surface area (Å²) in [4.78, 5) is 15.2. The zero-order valence-corrected chi connectivity index (χ0v) is 12.6. The SMILES string of the molecule is O=C(N1CCC(CO)CC1)C1(c2ccccc2)CCCC1. The zero-order valence-electron chi connectivity index (χ0n) is 12.6. The summed E-state index contributed by atoms with van der Waals surface area (Å²) < 4.78 is 0. The molecule has 1 N–H and O–H groups in total. The molecule has 0 atom stereocenters. The Morgan fingerprint density at radius 2 is 1.76 bits per heavy atom. The highest BCUT2D eigenvalue weighted by Gasteiger charge is 2.45. The standard InChI is InChI=1S/C18H25NO2/c20-14-15-8-12-19(13-9-15)17(21)18(10-4-5-11-18)16-6-2-1-3-7-16/h1-3,6-7,15,20H,4-5,8-14H2. The number of benzene rings is 1. The van der Waals surface area contributed by atoms with Gasteiger partial charge in [-0.1, -0.05) is 43.2 Å². The van der Waals surface area contributed by atoms with Gasteiger partial charge in [0, 0.05) is 19.7 Å². The normalized spacial score (nSPS) is 22.4. The Balaban J connectivity index is 1.80. The molecule has 1 aliphatic carbocycles. The maximum atomic E-state index is 13.2. The summed E-state index contributed by atoms with van der Waals surface area (Å²) in [5.41, 5.74) is 0.907. The average molecular weight is 287 g/mol. The quantitative estimate of drug-likeness (QED) is 0.928. The van der Waals surface area contributed by atoms with Crippen molar-refractivity contribution in [3.8, 4) is 0 Å². The van der Waals surface area contributed by atoms with E-state index in [0.29, 0.717) is 11.8 Å². The van der Waals surface area contributed by atoms with Crippen LogP contribution in [0.2, 0.25) is 0 Å². The van der Waals surface area contributed by atoms with Crippen molar-refractivity contribution >= 4 is 5.91 Å². The second kappa shape index (κ2) is 6.18. The largest absolute Gasteiger partial charge is 0.396 e. The maximum Gasteiger partial charge on any atom is 0.233 e. The Morgan fingerprint density at radius 1 is 1.14 bits per heavy atom. The van der Waals surface area contributed by atoms with Crippen molar-refractivity contribution in [3.63, 3.8) is 0 Å². The number of rotatable bonds is 3. The van der Waals surface area contributed by atoms with Gasteiger partial charge >= 0.3 is 0 Å². The van der Waals surface area contributed by atoms with Gasteiger partial charge in [0.25, 0.3) is 0 Å². The van der Waals surface area contributed by atoms with Crippen LogP contribution >= 0.6 is 0 Å². The van der Waals surface area contributed by atoms with E-state index in [0.717, 1.165) is 51.6 Å². The smallest absolute Gasteiger partial charge is 0.233 e.